The second-order valence-electron chi connectivity index (χ2n) is 4.75. The quantitative estimate of drug-likeness (QED) is 0.789. The topological polar surface area (TPSA) is 64.6 Å². The Labute approximate surface area is 137 Å². The van der Waals surface area contributed by atoms with Gasteiger partial charge >= 0.3 is 0 Å². The van der Waals surface area contributed by atoms with E-state index in [2.05, 4.69) is 5.32 Å². The molecule has 1 amide bonds. The number of aldehydes is 1. The van der Waals surface area contributed by atoms with Crippen LogP contribution in [0.2, 0.25) is 0 Å². The second-order valence-corrected chi connectivity index (χ2v) is 4.75. The highest BCUT2D eigenvalue weighted by molar-refractivity contribution is 5.91. The molecule has 126 valence electrons. The summed E-state index contributed by atoms with van der Waals surface area (Å²) < 4.78 is 36.8. The summed E-state index contributed by atoms with van der Waals surface area (Å²) in [7, 11) is 0. The molecule has 0 fully saturated rings. The van der Waals surface area contributed by atoms with Crippen molar-refractivity contribution in [2.24, 2.45) is 0 Å². The molecule has 1 N–H and O–H groups in total. The summed E-state index contributed by atoms with van der Waals surface area (Å²) in [5.74, 6) is -1.58. The molecule has 0 saturated carbocycles. The number of rotatable bonds is 7. The lowest BCUT2D eigenvalue weighted by atomic mass is 10.2. The van der Waals surface area contributed by atoms with Gasteiger partial charge in [0, 0.05) is 17.3 Å². The summed E-state index contributed by atoms with van der Waals surface area (Å²) in [6, 6.07) is 7.20. The number of amides is 1. The number of halogens is 2. The molecule has 0 saturated heterocycles. The maximum Gasteiger partial charge on any atom is 0.262 e. The number of nitrogens with one attached hydrogen (secondary N) is 1. The molecule has 2 rings (SSSR count). The molecule has 0 aliphatic carbocycles. The average molecular weight is 335 g/mol. The lowest BCUT2D eigenvalue weighted by Crippen LogP contribution is -2.20. The summed E-state index contributed by atoms with van der Waals surface area (Å²) in [5.41, 5.74) is 0.396. The summed E-state index contributed by atoms with van der Waals surface area (Å²) in [6.45, 7) is 1.73. The molecule has 0 radical (unpaired) electrons. The van der Waals surface area contributed by atoms with Crippen molar-refractivity contribution >= 4 is 17.9 Å². The Bertz CT molecular complexity index is 729. The van der Waals surface area contributed by atoms with Crippen molar-refractivity contribution in [2.75, 3.05) is 18.5 Å². The molecule has 0 atom stereocenters. The first-order valence-electron chi connectivity index (χ1n) is 7.12. The van der Waals surface area contributed by atoms with Gasteiger partial charge in [-0.2, -0.15) is 0 Å². The fraction of sp³-hybridized carbons (Fsp3) is 0.176. The minimum absolute atomic E-state index is 0.0116. The zero-order valence-corrected chi connectivity index (χ0v) is 12.8. The van der Waals surface area contributed by atoms with Gasteiger partial charge in [0.1, 0.15) is 17.9 Å². The summed E-state index contributed by atoms with van der Waals surface area (Å²) in [5, 5.41) is 2.33. The van der Waals surface area contributed by atoms with Crippen molar-refractivity contribution in [3.63, 3.8) is 0 Å². The van der Waals surface area contributed by atoms with Crippen LogP contribution in [0.4, 0.5) is 14.5 Å². The minimum Gasteiger partial charge on any atom is -0.490 e. The first-order valence-corrected chi connectivity index (χ1v) is 7.12. The van der Waals surface area contributed by atoms with Crippen LogP contribution >= 0.6 is 0 Å². The molecule has 2 aromatic carbocycles. The third kappa shape index (κ3) is 4.77. The molecule has 0 aromatic heterocycles. The van der Waals surface area contributed by atoms with Crippen molar-refractivity contribution in [1.29, 1.82) is 0 Å². The van der Waals surface area contributed by atoms with Crippen LogP contribution in [0.25, 0.3) is 0 Å². The van der Waals surface area contributed by atoms with Crippen molar-refractivity contribution < 1.29 is 27.8 Å². The van der Waals surface area contributed by atoms with Gasteiger partial charge in [0.05, 0.1) is 6.61 Å². The monoisotopic (exact) mass is 335 g/mol. The molecule has 0 spiro atoms. The molecule has 2 aromatic rings. The number of anilines is 1. The smallest absolute Gasteiger partial charge is 0.262 e. The van der Waals surface area contributed by atoms with Gasteiger partial charge < -0.3 is 14.8 Å². The predicted octanol–water partition coefficient (Wildman–Crippen LogP) is 3.19. The van der Waals surface area contributed by atoms with Crippen LogP contribution in [0.1, 0.15) is 17.3 Å². The largest absolute Gasteiger partial charge is 0.490 e. The van der Waals surface area contributed by atoms with Crippen LogP contribution in [0.3, 0.4) is 0 Å². The number of carbonyl (C=O) groups is 2. The van der Waals surface area contributed by atoms with Crippen molar-refractivity contribution in [1.82, 2.24) is 0 Å². The Kier molecular flexibility index (Phi) is 5.83. The molecular formula is C17H15F2NO4. The van der Waals surface area contributed by atoms with Gasteiger partial charge in [0.2, 0.25) is 0 Å². The summed E-state index contributed by atoms with van der Waals surface area (Å²) >= 11 is 0. The van der Waals surface area contributed by atoms with Gasteiger partial charge in [-0.3, -0.25) is 9.59 Å². The third-order valence-corrected chi connectivity index (χ3v) is 2.91. The normalized spacial score (nSPS) is 10.1. The Morgan fingerprint density at radius 2 is 1.79 bits per heavy atom. The van der Waals surface area contributed by atoms with Gasteiger partial charge in [0.25, 0.3) is 5.91 Å². The van der Waals surface area contributed by atoms with E-state index >= 15 is 0 Å². The molecule has 0 unspecified atom stereocenters. The zero-order chi connectivity index (χ0) is 17.5. The van der Waals surface area contributed by atoms with E-state index in [1.165, 1.54) is 18.2 Å². The molecular weight excluding hydrogens is 320 g/mol. The van der Waals surface area contributed by atoms with Gasteiger partial charge in [-0.05, 0) is 37.3 Å². The number of ether oxygens (including phenoxy) is 2. The molecule has 0 heterocycles. The van der Waals surface area contributed by atoms with Gasteiger partial charge in [-0.25, -0.2) is 8.78 Å². The standard InChI is InChI=1S/C17H15F2NO4/c1-2-23-16-5-11(9-21)3-4-15(16)24-10-17(22)20-14-7-12(18)6-13(19)8-14/h3-9H,2,10H2,1H3,(H,20,22). The van der Waals surface area contributed by atoms with E-state index in [0.29, 0.717) is 30.3 Å². The summed E-state index contributed by atoms with van der Waals surface area (Å²) in [4.78, 5) is 22.6. The Balaban J connectivity index is 2.01. The molecule has 0 aliphatic rings. The first-order chi connectivity index (χ1) is 11.5. The highest BCUT2D eigenvalue weighted by atomic mass is 19.1. The number of carbonyl (C=O) groups excluding carboxylic acids is 2. The molecule has 7 heteroatoms. The van der Waals surface area contributed by atoms with Crippen molar-refractivity contribution in [3.05, 3.63) is 53.6 Å². The minimum atomic E-state index is -0.797. The third-order valence-electron chi connectivity index (χ3n) is 2.91. The summed E-state index contributed by atoms with van der Waals surface area (Å²) in [6.07, 6.45) is 0.664. The Hall–Kier alpha value is -2.96. The van der Waals surface area contributed by atoms with Crippen LogP contribution in [0, 0.1) is 11.6 Å². The SMILES string of the molecule is CCOc1cc(C=O)ccc1OCC(=O)Nc1cc(F)cc(F)c1. The van der Waals surface area contributed by atoms with Gasteiger partial charge in [0.15, 0.2) is 18.1 Å². The van der Waals surface area contributed by atoms with E-state index in [1.54, 1.807) is 6.92 Å². The van der Waals surface area contributed by atoms with Crippen molar-refractivity contribution in [2.45, 2.75) is 6.92 Å². The second kappa shape index (κ2) is 8.05. The lowest BCUT2D eigenvalue weighted by molar-refractivity contribution is -0.118. The van der Waals surface area contributed by atoms with E-state index in [0.717, 1.165) is 12.1 Å². The Morgan fingerprint density at radius 1 is 1.08 bits per heavy atom. The van der Waals surface area contributed by atoms with E-state index in [9.17, 15) is 18.4 Å². The lowest BCUT2D eigenvalue weighted by Gasteiger charge is -2.12. The molecule has 0 bridgehead atoms. The van der Waals surface area contributed by atoms with Crippen molar-refractivity contribution in [3.8, 4) is 11.5 Å². The number of hydrogen-bond acceptors (Lipinski definition) is 4. The highest BCUT2D eigenvalue weighted by Crippen LogP contribution is 2.28. The van der Waals surface area contributed by atoms with E-state index in [-0.39, 0.29) is 11.4 Å². The van der Waals surface area contributed by atoms with Gasteiger partial charge in [-0.1, -0.05) is 0 Å². The van der Waals surface area contributed by atoms with Crippen LogP contribution < -0.4 is 14.8 Å². The van der Waals surface area contributed by atoms with E-state index in [1.807, 2.05) is 0 Å². The average Bonchev–Trinajstić information content (AvgIpc) is 2.53. The zero-order valence-electron chi connectivity index (χ0n) is 12.8. The van der Waals surface area contributed by atoms with Crippen LogP contribution in [-0.2, 0) is 4.79 Å². The predicted molar refractivity (Wildman–Crippen MR) is 83.5 cm³/mol. The van der Waals surface area contributed by atoms with E-state index in [4.69, 9.17) is 9.47 Å². The fourth-order valence-corrected chi connectivity index (χ4v) is 1.95. The van der Waals surface area contributed by atoms with Gasteiger partial charge in [-0.15, -0.1) is 0 Å². The highest BCUT2D eigenvalue weighted by Gasteiger charge is 2.10. The molecule has 24 heavy (non-hydrogen) atoms. The molecule has 0 aliphatic heterocycles. The number of hydrogen-bond donors (Lipinski definition) is 1. The van der Waals surface area contributed by atoms with Crippen LogP contribution in [-0.4, -0.2) is 25.4 Å². The van der Waals surface area contributed by atoms with Crippen LogP contribution in [0.5, 0.6) is 11.5 Å². The van der Waals surface area contributed by atoms with Crippen LogP contribution in [0.15, 0.2) is 36.4 Å². The molecule has 5 nitrogen and oxygen atoms in total. The number of benzene rings is 2. The first kappa shape index (κ1) is 17.4. The van der Waals surface area contributed by atoms with E-state index < -0.39 is 24.1 Å². The Morgan fingerprint density at radius 3 is 2.42 bits per heavy atom. The maximum absolute atomic E-state index is 13.1. The maximum atomic E-state index is 13.1. The fourth-order valence-electron chi connectivity index (χ4n) is 1.95.